The maximum absolute atomic E-state index is 12.4. The van der Waals surface area contributed by atoms with E-state index in [2.05, 4.69) is 15.5 Å². The summed E-state index contributed by atoms with van der Waals surface area (Å²) in [6.07, 6.45) is -3.67. The molecule has 0 aliphatic heterocycles. The maximum Gasteiger partial charge on any atom is 0.417 e. The fraction of sp³-hybridized carbons (Fsp3) is 0.188. The normalized spacial score (nSPS) is 11.7. The van der Waals surface area contributed by atoms with Crippen LogP contribution in [0.2, 0.25) is 0 Å². The van der Waals surface area contributed by atoms with Gasteiger partial charge in [-0.05, 0) is 48.9 Å². The van der Waals surface area contributed by atoms with Gasteiger partial charge in [0, 0.05) is 6.20 Å². The molecule has 8 heteroatoms. The summed E-state index contributed by atoms with van der Waals surface area (Å²) in [5.41, 5.74) is 3.19. The number of nitrogens with zero attached hydrogens (tertiary/aromatic N) is 3. The third-order valence-electron chi connectivity index (χ3n) is 3.00. The molecule has 0 aliphatic carbocycles. The quantitative estimate of drug-likeness (QED) is 0.666. The Kier molecular flexibility index (Phi) is 5.37. The summed E-state index contributed by atoms with van der Waals surface area (Å²) in [7, 11) is 0. The van der Waals surface area contributed by atoms with E-state index < -0.39 is 11.7 Å². The van der Waals surface area contributed by atoms with Gasteiger partial charge in [-0.25, -0.2) is 4.98 Å². The van der Waals surface area contributed by atoms with Gasteiger partial charge in [-0.15, -0.1) is 0 Å². The van der Waals surface area contributed by atoms with E-state index >= 15 is 0 Å². The number of benzene rings is 1. The SMILES string of the molecule is C/C(=N/Nc1ccc(C(F)(F)F)cn1)c1ccc(OCC#N)cc1. The zero-order valence-corrected chi connectivity index (χ0v) is 12.6. The second kappa shape index (κ2) is 7.46. The van der Waals surface area contributed by atoms with Crippen molar-refractivity contribution in [3.63, 3.8) is 0 Å². The number of anilines is 1. The summed E-state index contributed by atoms with van der Waals surface area (Å²) in [6.45, 7) is 1.70. The lowest BCUT2D eigenvalue weighted by atomic mass is 10.1. The van der Waals surface area contributed by atoms with Crippen molar-refractivity contribution in [2.24, 2.45) is 5.10 Å². The van der Waals surface area contributed by atoms with Crippen LogP contribution in [0.5, 0.6) is 5.75 Å². The van der Waals surface area contributed by atoms with Crippen LogP contribution in [-0.4, -0.2) is 17.3 Å². The van der Waals surface area contributed by atoms with Gasteiger partial charge in [0.2, 0.25) is 0 Å². The van der Waals surface area contributed by atoms with Crippen molar-refractivity contribution < 1.29 is 17.9 Å². The molecular formula is C16H13F3N4O. The largest absolute Gasteiger partial charge is 0.479 e. The average Bonchev–Trinajstić information content (AvgIpc) is 2.58. The van der Waals surface area contributed by atoms with E-state index in [4.69, 9.17) is 10.00 Å². The molecule has 1 aromatic heterocycles. The summed E-state index contributed by atoms with van der Waals surface area (Å²) in [4.78, 5) is 3.67. The van der Waals surface area contributed by atoms with Gasteiger partial charge in [-0.1, -0.05) is 0 Å². The van der Waals surface area contributed by atoms with Gasteiger partial charge in [-0.3, -0.25) is 5.43 Å². The molecule has 24 heavy (non-hydrogen) atoms. The van der Waals surface area contributed by atoms with Gasteiger partial charge in [-0.2, -0.15) is 23.5 Å². The Bertz CT molecular complexity index is 747. The smallest absolute Gasteiger partial charge is 0.417 e. The lowest BCUT2D eigenvalue weighted by molar-refractivity contribution is -0.137. The topological polar surface area (TPSA) is 70.3 Å². The summed E-state index contributed by atoms with van der Waals surface area (Å²) >= 11 is 0. The molecule has 124 valence electrons. The first kappa shape index (κ1) is 17.3. The standard InChI is InChI=1S/C16H13F3N4O/c1-11(12-2-5-14(6-3-12)24-9-8-20)22-23-15-7-4-13(10-21-15)16(17,18)19/h2-7,10H,9H2,1H3,(H,21,23)/b22-11-. The van der Waals surface area contributed by atoms with Gasteiger partial charge < -0.3 is 4.74 Å². The summed E-state index contributed by atoms with van der Waals surface area (Å²) in [6, 6.07) is 10.9. The molecule has 0 bridgehead atoms. The third-order valence-corrected chi connectivity index (χ3v) is 3.00. The number of ether oxygens (including phenoxy) is 1. The highest BCUT2D eigenvalue weighted by Crippen LogP contribution is 2.28. The minimum absolute atomic E-state index is 0.0342. The summed E-state index contributed by atoms with van der Waals surface area (Å²) in [5.74, 6) is 0.766. The summed E-state index contributed by atoms with van der Waals surface area (Å²) < 4.78 is 42.5. The molecule has 2 aromatic rings. The average molecular weight is 334 g/mol. The van der Waals surface area contributed by atoms with Crippen molar-refractivity contribution in [2.45, 2.75) is 13.1 Å². The van der Waals surface area contributed by atoms with Crippen LogP contribution in [0.15, 0.2) is 47.7 Å². The Labute approximate surface area is 136 Å². The molecule has 0 spiro atoms. The minimum Gasteiger partial charge on any atom is -0.479 e. The number of hydrazone groups is 1. The van der Waals surface area contributed by atoms with Gasteiger partial charge in [0.1, 0.15) is 17.6 Å². The minimum atomic E-state index is -4.42. The van der Waals surface area contributed by atoms with E-state index in [1.54, 1.807) is 31.2 Å². The van der Waals surface area contributed by atoms with E-state index in [0.717, 1.165) is 17.8 Å². The van der Waals surface area contributed by atoms with Crippen LogP contribution in [0.3, 0.4) is 0 Å². The highest BCUT2D eigenvalue weighted by molar-refractivity contribution is 5.99. The molecule has 1 N–H and O–H groups in total. The van der Waals surface area contributed by atoms with Crippen molar-refractivity contribution in [2.75, 3.05) is 12.0 Å². The molecule has 0 saturated heterocycles. The molecule has 5 nitrogen and oxygen atoms in total. The molecule has 0 saturated carbocycles. The number of aromatic nitrogens is 1. The number of hydrogen-bond donors (Lipinski definition) is 1. The Morgan fingerprint density at radius 2 is 1.96 bits per heavy atom. The second-order valence-electron chi connectivity index (χ2n) is 4.71. The molecule has 0 amide bonds. The number of nitrogens with one attached hydrogen (secondary N) is 1. The van der Waals surface area contributed by atoms with Crippen LogP contribution in [-0.2, 0) is 6.18 Å². The first-order valence-corrected chi connectivity index (χ1v) is 6.84. The summed E-state index contributed by atoms with van der Waals surface area (Å²) in [5, 5.41) is 12.5. The van der Waals surface area contributed by atoms with E-state index in [1.165, 1.54) is 6.07 Å². The van der Waals surface area contributed by atoms with Crippen molar-refractivity contribution in [1.82, 2.24) is 4.98 Å². The number of nitriles is 1. The highest BCUT2D eigenvalue weighted by Gasteiger charge is 2.30. The highest BCUT2D eigenvalue weighted by atomic mass is 19.4. The lowest BCUT2D eigenvalue weighted by Crippen LogP contribution is -2.06. The zero-order valence-electron chi connectivity index (χ0n) is 12.6. The molecule has 0 radical (unpaired) electrons. The monoisotopic (exact) mass is 334 g/mol. The predicted molar refractivity (Wildman–Crippen MR) is 82.6 cm³/mol. The van der Waals surface area contributed by atoms with Crippen molar-refractivity contribution in [3.05, 3.63) is 53.7 Å². The van der Waals surface area contributed by atoms with Crippen LogP contribution >= 0.6 is 0 Å². The van der Waals surface area contributed by atoms with Crippen LogP contribution in [0.4, 0.5) is 19.0 Å². The van der Waals surface area contributed by atoms with Gasteiger partial charge in [0.15, 0.2) is 6.61 Å². The number of hydrogen-bond acceptors (Lipinski definition) is 5. The Morgan fingerprint density at radius 1 is 1.25 bits per heavy atom. The van der Waals surface area contributed by atoms with Crippen LogP contribution < -0.4 is 10.2 Å². The van der Waals surface area contributed by atoms with Crippen LogP contribution in [0, 0.1) is 11.3 Å². The Balaban J connectivity index is 2.02. The molecule has 1 aromatic carbocycles. The van der Waals surface area contributed by atoms with Crippen molar-refractivity contribution >= 4 is 11.5 Å². The Hall–Kier alpha value is -3.08. The van der Waals surface area contributed by atoms with Crippen molar-refractivity contribution in [3.8, 4) is 11.8 Å². The molecular weight excluding hydrogens is 321 g/mol. The van der Waals surface area contributed by atoms with E-state index in [-0.39, 0.29) is 12.4 Å². The Morgan fingerprint density at radius 3 is 2.50 bits per heavy atom. The number of halogens is 3. The predicted octanol–water partition coefficient (Wildman–Crippen LogP) is 3.84. The van der Waals surface area contributed by atoms with E-state index in [0.29, 0.717) is 11.5 Å². The number of alkyl halides is 3. The van der Waals surface area contributed by atoms with Gasteiger partial charge in [0.05, 0.1) is 11.3 Å². The fourth-order valence-corrected chi connectivity index (χ4v) is 1.74. The van der Waals surface area contributed by atoms with Gasteiger partial charge >= 0.3 is 6.18 Å². The molecule has 2 rings (SSSR count). The molecule has 0 unspecified atom stereocenters. The molecule has 0 aliphatic rings. The number of rotatable bonds is 5. The fourth-order valence-electron chi connectivity index (χ4n) is 1.74. The maximum atomic E-state index is 12.4. The first-order valence-electron chi connectivity index (χ1n) is 6.84. The first-order chi connectivity index (χ1) is 11.4. The third kappa shape index (κ3) is 4.71. The van der Waals surface area contributed by atoms with E-state index in [1.807, 2.05) is 6.07 Å². The van der Waals surface area contributed by atoms with Crippen LogP contribution in [0.1, 0.15) is 18.1 Å². The van der Waals surface area contributed by atoms with E-state index in [9.17, 15) is 13.2 Å². The zero-order chi connectivity index (χ0) is 17.6. The van der Waals surface area contributed by atoms with Crippen molar-refractivity contribution in [1.29, 1.82) is 5.26 Å². The van der Waals surface area contributed by atoms with Gasteiger partial charge in [0.25, 0.3) is 0 Å². The van der Waals surface area contributed by atoms with Crippen LogP contribution in [0.25, 0.3) is 0 Å². The number of pyridine rings is 1. The second-order valence-corrected chi connectivity index (χ2v) is 4.71. The molecule has 1 heterocycles. The lowest BCUT2D eigenvalue weighted by Gasteiger charge is -2.07. The molecule has 0 atom stereocenters. The molecule has 0 fully saturated rings.